The van der Waals surface area contributed by atoms with E-state index in [-0.39, 0.29) is 0 Å². The van der Waals surface area contributed by atoms with Gasteiger partial charge in [-0.05, 0) is 55.6 Å². The minimum absolute atomic E-state index is 0.742. The quantitative estimate of drug-likeness (QED) is 0.829. The standard InChI is InChI=1S/C17H28N2O/c1-14(2)10-18-11-16-8-9-19(13-16)12-15-4-6-17(20-3)7-5-15/h4-7,14,16,18H,8-13H2,1-3H3. The summed E-state index contributed by atoms with van der Waals surface area (Å²) < 4.78 is 5.20. The van der Waals surface area contributed by atoms with Crippen LogP contribution >= 0.6 is 0 Å². The first-order chi connectivity index (χ1) is 9.67. The first-order valence-electron chi connectivity index (χ1n) is 7.73. The van der Waals surface area contributed by atoms with Gasteiger partial charge < -0.3 is 10.1 Å². The number of ether oxygens (including phenoxy) is 1. The highest BCUT2D eigenvalue weighted by molar-refractivity contribution is 5.27. The Balaban J connectivity index is 1.72. The molecule has 0 bridgehead atoms. The molecule has 3 heteroatoms. The smallest absolute Gasteiger partial charge is 0.118 e. The SMILES string of the molecule is COc1ccc(CN2CCC(CNCC(C)C)C2)cc1. The summed E-state index contributed by atoms with van der Waals surface area (Å²) in [6.07, 6.45) is 1.32. The molecule has 1 aromatic carbocycles. The van der Waals surface area contributed by atoms with Crippen molar-refractivity contribution >= 4 is 0 Å². The summed E-state index contributed by atoms with van der Waals surface area (Å²) >= 11 is 0. The van der Waals surface area contributed by atoms with Gasteiger partial charge in [-0.1, -0.05) is 26.0 Å². The van der Waals surface area contributed by atoms with E-state index in [1.54, 1.807) is 7.11 Å². The Morgan fingerprint density at radius 3 is 2.70 bits per heavy atom. The van der Waals surface area contributed by atoms with Gasteiger partial charge in [0.2, 0.25) is 0 Å². The van der Waals surface area contributed by atoms with E-state index in [9.17, 15) is 0 Å². The highest BCUT2D eigenvalue weighted by atomic mass is 16.5. The molecule has 1 fully saturated rings. The van der Waals surface area contributed by atoms with Gasteiger partial charge in [0.15, 0.2) is 0 Å². The van der Waals surface area contributed by atoms with Crippen LogP contribution in [0.4, 0.5) is 0 Å². The van der Waals surface area contributed by atoms with Crippen LogP contribution in [-0.4, -0.2) is 38.2 Å². The van der Waals surface area contributed by atoms with Gasteiger partial charge in [0.05, 0.1) is 7.11 Å². The fourth-order valence-electron chi connectivity index (χ4n) is 2.79. The fourth-order valence-corrected chi connectivity index (χ4v) is 2.79. The molecule has 1 aliphatic rings. The molecule has 1 heterocycles. The van der Waals surface area contributed by atoms with Crippen molar-refractivity contribution in [3.8, 4) is 5.75 Å². The highest BCUT2D eigenvalue weighted by Crippen LogP contribution is 2.19. The number of nitrogens with one attached hydrogen (secondary N) is 1. The molecule has 0 aliphatic carbocycles. The molecule has 1 aliphatic heterocycles. The number of likely N-dealkylation sites (tertiary alicyclic amines) is 1. The molecule has 1 unspecified atom stereocenters. The van der Waals surface area contributed by atoms with E-state index in [0.29, 0.717) is 0 Å². The van der Waals surface area contributed by atoms with E-state index in [2.05, 4.69) is 36.2 Å². The fraction of sp³-hybridized carbons (Fsp3) is 0.647. The number of benzene rings is 1. The predicted octanol–water partition coefficient (Wildman–Crippen LogP) is 2.76. The van der Waals surface area contributed by atoms with Crippen molar-refractivity contribution in [1.29, 1.82) is 0 Å². The molecular formula is C17H28N2O. The van der Waals surface area contributed by atoms with Crippen LogP contribution in [0.25, 0.3) is 0 Å². The molecular weight excluding hydrogens is 248 g/mol. The molecule has 1 aromatic rings. The second-order valence-electron chi connectivity index (χ2n) is 6.29. The average molecular weight is 276 g/mol. The van der Waals surface area contributed by atoms with Crippen molar-refractivity contribution in [3.63, 3.8) is 0 Å². The molecule has 0 spiro atoms. The van der Waals surface area contributed by atoms with Crippen LogP contribution in [0.15, 0.2) is 24.3 Å². The lowest BCUT2D eigenvalue weighted by Gasteiger charge is -2.17. The van der Waals surface area contributed by atoms with Gasteiger partial charge >= 0.3 is 0 Å². The maximum absolute atomic E-state index is 5.20. The minimum atomic E-state index is 0.742. The number of rotatable bonds is 7. The van der Waals surface area contributed by atoms with E-state index in [1.165, 1.54) is 25.1 Å². The van der Waals surface area contributed by atoms with E-state index in [1.807, 2.05) is 12.1 Å². The Bertz CT molecular complexity index is 388. The molecule has 0 amide bonds. The van der Waals surface area contributed by atoms with Crippen LogP contribution < -0.4 is 10.1 Å². The second-order valence-corrected chi connectivity index (χ2v) is 6.29. The molecule has 0 saturated carbocycles. The van der Waals surface area contributed by atoms with Crippen molar-refractivity contribution in [1.82, 2.24) is 10.2 Å². The summed E-state index contributed by atoms with van der Waals surface area (Å²) in [6, 6.07) is 8.44. The lowest BCUT2D eigenvalue weighted by molar-refractivity contribution is 0.313. The van der Waals surface area contributed by atoms with Crippen LogP contribution in [0, 0.1) is 11.8 Å². The first-order valence-corrected chi connectivity index (χ1v) is 7.73. The molecule has 112 valence electrons. The van der Waals surface area contributed by atoms with Gasteiger partial charge in [0.1, 0.15) is 5.75 Å². The topological polar surface area (TPSA) is 24.5 Å². The maximum Gasteiger partial charge on any atom is 0.118 e. The molecule has 20 heavy (non-hydrogen) atoms. The zero-order chi connectivity index (χ0) is 14.4. The molecule has 3 nitrogen and oxygen atoms in total. The first kappa shape index (κ1) is 15.3. The van der Waals surface area contributed by atoms with Crippen LogP contribution in [-0.2, 0) is 6.54 Å². The second kappa shape index (κ2) is 7.65. The van der Waals surface area contributed by atoms with Crippen LogP contribution in [0.1, 0.15) is 25.8 Å². The Kier molecular flexibility index (Phi) is 5.86. The molecule has 1 saturated heterocycles. The lowest BCUT2D eigenvalue weighted by Crippen LogP contribution is -2.28. The molecule has 0 radical (unpaired) electrons. The van der Waals surface area contributed by atoms with Crippen LogP contribution in [0.3, 0.4) is 0 Å². The number of methoxy groups -OCH3 is 1. The van der Waals surface area contributed by atoms with Gasteiger partial charge in [0, 0.05) is 13.1 Å². The average Bonchev–Trinajstić information content (AvgIpc) is 2.87. The van der Waals surface area contributed by atoms with E-state index < -0.39 is 0 Å². The van der Waals surface area contributed by atoms with Crippen molar-refractivity contribution in [3.05, 3.63) is 29.8 Å². The van der Waals surface area contributed by atoms with Gasteiger partial charge in [-0.3, -0.25) is 4.90 Å². The normalized spacial score (nSPS) is 19.7. The zero-order valence-electron chi connectivity index (χ0n) is 13.1. The number of hydrogen-bond donors (Lipinski definition) is 1. The van der Waals surface area contributed by atoms with Gasteiger partial charge in [0.25, 0.3) is 0 Å². The van der Waals surface area contributed by atoms with Crippen LogP contribution in [0.5, 0.6) is 5.75 Å². The summed E-state index contributed by atoms with van der Waals surface area (Å²) in [7, 11) is 1.71. The highest BCUT2D eigenvalue weighted by Gasteiger charge is 2.21. The van der Waals surface area contributed by atoms with Crippen molar-refractivity contribution in [2.45, 2.75) is 26.8 Å². The molecule has 0 aromatic heterocycles. The third-order valence-corrected chi connectivity index (χ3v) is 3.92. The minimum Gasteiger partial charge on any atom is -0.497 e. The number of hydrogen-bond acceptors (Lipinski definition) is 3. The van der Waals surface area contributed by atoms with Crippen molar-refractivity contribution in [2.75, 3.05) is 33.3 Å². The summed E-state index contributed by atoms with van der Waals surface area (Å²) in [5.41, 5.74) is 1.38. The summed E-state index contributed by atoms with van der Waals surface area (Å²) in [4.78, 5) is 2.56. The van der Waals surface area contributed by atoms with Gasteiger partial charge in [-0.2, -0.15) is 0 Å². The van der Waals surface area contributed by atoms with Gasteiger partial charge in [-0.15, -0.1) is 0 Å². The molecule has 1 atom stereocenters. The molecule has 2 rings (SSSR count). The number of nitrogens with zero attached hydrogens (tertiary/aromatic N) is 1. The Labute approximate surface area is 123 Å². The van der Waals surface area contributed by atoms with Gasteiger partial charge in [-0.25, -0.2) is 0 Å². The van der Waals surface area contributed by atoms with E-state index >= 15 is 0 Å². The largest absolute Gasteiger partial charge is 0.497 e. The Morgan fingerprint density at radius 2 is 2.05 bits per heavy atom. The van der Waals surface area contributed by atoms with E-state index in [0.717, 1.165) is 37.2 Å². The summed E-state index contributed by atoms with van der Waals surface area (Å²) in [6.45, 7) is 10.3. The third-order valence-electron chi connectivity index (χ3n) is 3.92. The predicted molar refractivity (Wildman–Crippen MR) is 84.1 cm³/mol. The summed E-state index contributed by atoms with van der Waals surface area (Å²) in [5.74, 6) is 2.49. The van der Waals surface area contributed by atoms with Crippen LogP contribution in [0.2, 0.25) is 0 Å². The molecule has 1 N–H and O–H groups in total. The Hall–Kier alpha value is -1.06. The monoisotopic (exact) mass is 276 g/mol. The maximum atomic E-state index is 5.20. The Morgan fingerprint density at radius 1 is 1.30 bits per heavy atom. The summed E-state index contributed by atoms with van der Waals surface area (Å²) in [5, 5.41) is 3.58. The van der Waals surface area contributed by atoms with Crippen molar-refractivity contribution < 1.29 is 4.74 Å². The zero-order valence-corrected chi connectivity index (χ0v) is 13.1. The third kappa shape index (κ3) is 4.80. The van der Waals surface area contributed by atoms with E-state index in [4.69, 9.17) is 4.74 Å². The lowest BCUT2D eigenvalue weighted by atomic mass is 10.1. The van der Waals surface area contributed by atoms with Crippen molar-refractivity contribution in [2.24, 2.45) is 11.8 Å².